The summed E-state index contributed by atoms with van der Waals surface area (Å²) in [7, 11) is 0. The zero-order chi connectivity index (χ0) is 56.2. The lowest BCUT2D eigenvalue weighted by Gasteiger charge is -2.28. The predicted octanol–water partition coefficient (Wildman–Crippen LogP) is 23.2. The van der Waals surface area contributed by atoms with Crippen LogP contribution >= 0.6 is 0 Å². The zero-order valence-corrected chi connectivity index (χ0v) is 48.4. The number of aryl methyl sites for hydroxylation is 3. The van der Waals surface area contributed by atoms with Crippen LogP contribution in [0.3, 0.4) is 0 Å². The van der Waals surface area contributed by atoms with Crippen LogP contribution in [0.1, 0.15) is 94.7 Å². The lowest BCUT2D eigenvalue weighted by Crippen LogP contribution is -2.13. The predicted molar refractivity (Wildman–Crippen MR) is 346 cm³/mol. The summed E-state index contributed by atoms with van der Waals surface area (Å²) < 4.78 is 28.2. The van der Waals surface area contributed by atoms with Crippen LogP contribution < -0.4 is 9.80 Å². The molecule has 0 atom stereocenters. The first-order chi connectivity index (χ1) is 39.5. The normalized spacial score (nSPS) is 12.7. The second kappa shape index (κ2) is 17.9. The molecule has 0 unspecified atom stereocenters. The highest BCUT2D eigenvalue weighted by atomic mass is 16.3. The topological polar surface area (TPSA) is 59.0 Å². The first kappa shape index (κ1) is 49.8. The average Bonchev–Trinajstić information content (AvgIpc) is 2.98. The van der Waals surface area contributed by atoms with Gasteiger partial charge in [-0.15, -0.1) is 0 Å². The third kappa shape index (κ3) is 7.53. The van der Waals surface area contributed by atoms with Crippen LogP contribution in [0, 0.1) is 20.8 Å². The maximum absolute atomic E-state index is 7.12. The van der Waals surface area contributed by atoms with Gasteiger partial charge in [-0.05, 0) is 149 Å². The Labute approximate surface area is 476 Å². The van der Waals surface area contributed by atoms with Crippen molar-refractivity contribution < 1.29 is 17.7 Å². The van der Waals surface area contributed by atoms with E-state index in [1.807, 2.05) is 0 Å². The molecule has 0 saturated heterocycles. The van der Waals surface area contributed by atoms with E-state index in [4.69, 9.17) is 17.7 Å². The molecular weight excluding hydrogens is 1000 g/mol. The van der Waals surface area contributed by atoms with E-state index in [1.54, 1.807) is 0 Å². The summed E-state index contributed by atoms with van der Waals surface area (Å²) in [6.45, 7) is 24.6. The van der Waals surface area contributed by atoms with Crippen LogP contribution in [0.2, 0.25) is 0 Å². The number of hydrogen-bond donors (Lipinski definition) is 0. The van der Waals surface area contributed by atoms with Crippen LogP contribution in [0.5, 0.6) is 0 Å². The van der Waals surface area contributed by atoms with E-state index in [-0.39, 0.29) is 16.7 Å². The van der Waals surface area contributed by atoms with Gasteiger partial charge in [0, 0.05) is 82.5 Å². The number of anilines is 6. The largest absolute Gasteiger partial charge is 0.456 e. The number of para-hydroxylation sites is 5. The Hall–Kier alpha value is -9.26. The van der Waals surface area contributed by atoms with Gasteiger partial charge in [0.15, 0.2) is 11.2 Å². The minimum Gasteiger partial charge on any atom is -0.456 e. The second-order valence-corrected chi connectivity index (χ2v) is 25.2. The van der Waals surface area contributed by atoms with Crippen LogP contribution in [0.25, 0.3) is 109 Å². The molecule has 0 spiro atoms. The Bertz CT molecular complexity index is 5160. The van der Waals surface area contributed by atoms with Gasteiger partial charge in [0.2, 0.25) is 0 Å². The third-order valence-corrected chi connectivity index (χ3v) is 17.3. The fourth-order valence-electron chi connectivity index (χ4n) is 13.3. The number of rotatable bonds is 7. The molecule has 0 amide bonds. The SMILES string of the molecule is Cc1ccccc1N(c1ccc2cc3c(cc2c1)oc1c(C(C)C)c2c(cc13)oc1cc3cc(N(c4ccccc4C)c4c(C)ccc5c4oc4c(C(C)(C)C)cccc45)ccc3cc12)c1cccc2c1oc1c(C(C)(C)C)cccc12. The molecule has 0 aliphatic heterocycles. The molecule has 11 aromatic carbocycles. The number of nitrogens with zero attached hydrogens (tertiary/aromatic N) is 2. The Kier molecular flexibility index (Phi) is 10.8. The van der Waals surface area contributed by atoms with Crippen molar-refractivity contribution in [3.05, 3.63) is 215 Å². The van der Waals surface area contributed by atoms with Crippen LogP contribution in [-0.4, -0.2) is 0 Å². The molecule has 82 heavy (non-hydrogen) atoms. The lowest BCUT2D eigenvalue weighted by molar-refractivity contribution is 0.572. The molecule has 6 heteroatoms. The standard InChI is InChI=1S/C76H64N2O4/c1-42(2)67-68-58-38-47-31-33-51(78(62-27-15-13-20-44(62)4)69-45(5)29-34-55-53-22-17-25-60(76(9,10)11)71(53)82-74(55)69)36-49(47)40-65(58)79-66(68)41-57-56-37-46-30-32-50(35-48(46)39-64(56)80-73(57)67)77(61-26-14-12-19-43(61)3)63-28-18-23-54-52-21-16-24-59(75(6,7)8)70(52)81-72(54)63/h12-42H,1-11H3. The van der Waals surface area contributed by atoms with Gasteiger partial charge in [0.25, 0.3) is 0 Å². The fourth-order valence-corrected chi connectivity index (χ4v) is 13.3. The third-order valence-electron chi connectivity index (χ3n) is 17.3. The molecule has 0 aliphatic rings. The Morgan fingerprint density at radius 2 is 0.854 bits per heavy atom. The van der Waals surface area contributed by atoms with Crippen LogP contribution in [0.15, 0.2) is 200 Å². The molecule has 6 nitrogen and oxygen atoms in total. The quantitative estimate of drug-likeness (QED) is 0.159. The van der Waals surface area contributed by atoms with E-state index in [1.165, 1.54) is 16.7 Å². The van der Waals surface area contributed by atoms with E-state index in [0.717, 1.165) is 160 Å². The summed E-state index contributed by atoms with van der Waals surface area (Å²) in [5, 5.41) is 13.2. The molecule has 402 valence electrons. The molecule has 0 bridgehead atoms. The van der Waals surface area contributed by atoms with E-state index in [0.29, 0.717) is 0 Å². The summed E-state index contributed by atoms with van der Waals surface area (Å²) in [5.41, 5.74) is 20.2. The minimum absolute atomic E-state index is 0.0873. The smallest absolute Gasteiger partial charge is 0.159 e. The Balaban J connectivity index is 0.869. The first-order valence-corrected chi connectivity index (χ1v) is 28.8. The maximum atomic E-state index is 7.12. The molecule has 15 rings (SSSR count). The highest BCUT2D eigenvalue weighted by Gasteiger charge is 2.29. The van der Waals surface area contributed by atoms with E-state index >= 15 is 0 Å². The van der Waals surface area contributed by atoms with E-state index < -0.39 is 0 Å². The van der Waals surface area contributed by atoms with E-state index in [9.17, 15) is 0 Å². The molecule has 4 heterocycles. The van der Waals surface area contributed by atoms with Crippen molar-refractivity contribution in [3.8, 4) is 0 Å². The van der Waals surface area contributed by atoms with E-state index in [2.05, 4.69) is 268 Å². The molecule has 0 radical (unpaired) electrons. The zero-order valence-electron chi connectivity index (χ0n) is 48.4. The highest BCUT2D eigenvalue weighted by Crippen LogP contribution is 2.50. The molecule has 0 N–H and O–H groups in total. The van der Waals surface area contributed by atoms with Crippen molar-refractivity contribution in [1.29, 1.82) is 0 Å². The Morgan fingerprint density at radius 1 is 0.341 bits per heavy atom. The molecule has 0 aliphatic carbocycles. The summed E-state index contributed by atoms with van der Waals surface area (Å²) in [6.07, 6.45) is 0. The molecule has 0 saturated carbocycles. The van der Waals surface area contributed by atoms with Crippen molar-refractivity contribution in [1.82, 2.24) is 0 Å². The van der Waals surface area contributed by atoms with Crippen molar-refractivity contribution >= 4 is 143 Å². The highest BCUT2D eigenvalue weighted by molar-refractivity contribution is 6.21. The van der Waals surface area contributed by atoms with Gasteiger partial charge in [-0.25, -0.2) is 0 Å². The van der Waals surface area contributed by atoms with Gasteiger partial charge in [0.1, 0.15) is 33.5 Å². The van der Waals surface area contributed by atoms with Crippen LogP contribution in [-0.2, 0) is 10.8 Å². The number of hydrogen-bond acceptors (Lipinski definition) is 6. The minimum atomic E-state index is -0.0916. The first-order valence-electron chi connectivity index (χ1n) is 28.8. The molecule has 15 aromatic rings. The van der Waals surface area contributed by atoms with Crippen molar-refractivity contribution in [2.45, 2.75) is 92.9 Å². The number of furan rings is 4. The van der Waals surface area contributed by atoms with Crippen molar-refractivity contribution in [2.24, 2.45) is 0 Å². The second-order valence-electron chi connectivity index (χ2n) is 25.2. The monoisotopic (exact) mass is 1070 g/mol. The van der Waals surface area contributed by atoms with Crippen molar-refractivity contribution in [3.63, 3.8) is 0 Å². The Morgan fingerprint density at radius 3 is 1.45 bits per heavy atom. The van der Waals surface area contributed by atoms with Gasteiger partial charge in [0.05, 0.1) is 11.4 Å². The van der Waals surface area contributed by atoms with Gasteiger partial charge in [-0.3, -0.25) is 0 Å². The number of benzene rings is 11. The van der Waals surface area contributed by atoms with Crippen molar-refractivity contribution in [2.75, 3.05) is 9.80 Å². The lowest BCUT2D eigenvalue weighted by atomic mass is 9.86. The maximum Gasteiger partial charge on any atom is 0.159 e. The average molecular weight is 1070 g/mol. The van der Waals surface area contributed by atoms with Gasteiger partial charge >= 0.3 is 0 Å². The summed E-state index contributed by atoms with van der Waals surface area (Å²) in [5.74, 6) is 0.140. The summed E-state index contributed by atoms with van der Waals surface area (Å²) in [4.78, 5) is 4.74. The van der Waals surface area contributed by atoms with Gasteiger partial charge in [-0.2, -0.15) is 0 Å². The number of fused-ring (bicyclic) bond motifs is 14. The summed E-state index contributed by atoms with van der Waals surface area (Å²) >= 11 is 0. The van der Waals surface area contributed by atoms with Gasteiger partial charge < -0.3 is 27.5 Å². The molecular formula is C76H64N2O4. The molecule has 4 aromatic heterocycles. The molecule has 0 fully saturated rings. The summed E-state index contributed by atoms with van der Waals surface area (Å²) in [6, 6.07) is 66.1. The van der Waals surface area contributed by atoms with Crippen LogP contribution in [0.4, 0.5) is 34.1 Å². The van der Waals surface area contributed by atoms with Gasteiger partial charge in [-0.1, -0.05) is 165 Å². The fraction of sp³-hybridized carbons (Fsp3) is 0.184.